The standard InChI is InChI=1S/C20H10Cl2O5.2Na.2H/c21-14-6-5-13-17(18(14)22)19(25)27-20(13)11-3-1-9(23)7-15(11)26-16-8-10(24)2-4-12(16)20;;;;/h1-8,23-24H;;;;. The van der Waals surface area contributed by atoms with Crippen molar-refractivity contribution in [1.82, 2.24) is 0 Å². The van der Waals surface area contributed by atoms with Crippen LogP contribution in [0.2, 0.25) is 10.0 Å². The number of benzene rings is 3. The monoisotopic (exact) mass is 448 g/mol. The molecule has 2 aliphatic rings. The molecule has 0 atom stereocenters. The number of hydrogen-bond donors (Lipinski definition) is 2. The first-order valence-corrected chi connectivity index (χ1v) is 8.74. The number of rotatable bonds is 0. The van der Waals surface area contributed by atoms with Crippen molar-refractivity contribution < 1.29 is 24.5 Å². The Bertz CT molecular complexity index is 1110. The summed E-state index contributed by atoms with van der Waals surface area (Å²) < 4.78 is 11.8. The van der Waals surface area contributed by atoms with Crippen LogP contribution in [0.5, 0.6) is 23.0 Å². The van der Waals surface area contributed by atoms with Gasteiger partial charge in [0, 0.05) is 28.8 Å². The summed E-state index contributed by atoms with van der Waals surface area (Å²) in [6, 6.07) is 12.4. The van der Waals surface area contributed by atoms with Gasteiger partial charge in [0.2, 0.25) is 0 Å². The summed E-state index contributed by atoms with van der Waals surface area (Å²) in [5.74, 6) is -0.0190. The molecule has 0 saturated carbocycles. The zero-order chi connectivity index (χ0) is 18.9. The summed E-state index contributed by atoms with van der Waals surface area (Å²) in [7, 11) is 0. The van der Waals surface area contributed by atoms with E-state index in [-0.39, 0.29) is 86.2 Å². The van der Waals surface area contributed by atoms with Crippen molar-refractivity contribution in [3.05, 3.63) is 80.8 Å². The van der Waals surface area contributed by atoms with Gasteiger partial charge in [-0.2, -0.15) is 0 Å². The molecule has 5 rings (SSSR count). The van der Waals surface area contributed by atoms with Crippen molar-refractivity contribution >= 4 is 88.3 Å². The zero-order valence-electron chi connectivity index (χ0n) is 13.5. The van der Waals surface area contributed by atoms with E-state index >= 15 is 0 Å². The minimum atomic E-state index is -1.33. The van der Waals surface area contributed by atoms with Crippen molar-refractivity contribution in [3.8, 4) is 23.0 Å². The Morgan fingerprint density at radius 2 is 1.31 bits per heavy atom. The first-order chi connectivity index (χ1) is 12.9. The Morgan fingerprint density at radius 3 is 1.86 bits per heavy atom. The van der Waals surface area contributed by atoms with E-state index in [1.165, 1.54) is 24.3 Å². The summed E-state index contributed by atoms with van der Waals surface area (Å²) in [6.07, 6.45) is 0. The van der Waals surface area contributed by atoms with Gasteiger partial charge < -0.3 is 19.7 Å². The Hall–Kier alpha value is -0.890. The van der Waals surface area contributed by atoms with Gasteiger partial charge in [0.15, 0.2) is 5.60 Å². The topological polar surface area (TPSA) is 76.0 Å². The normalized spacial score (nSPS) is 14.5. The van der Waals surface area contributed by atoms with E-state index in [2.05, 4.69) is 0 Å². The molecule has 1 spiro atoms. The maximum absolute atomic E-state index is 12.8. The van der Waals surface area contributed by atoms with E-state index in [0.717, 1.165) is 0 Å². The Balaban J connectivity index is 0.00000120. The molecule has 9 heteroatoms. The van der Waals surface area contributed by atoms with E-state index in [9.17, 15) is 15.0 Å². The molecule has 5 nitrogen and oxygen atoms in total. The Kier molecular flexibility index (Phi) is 6.27. The van der Waals surface area contributed by atoms with Crippen LogP contribution in [0.3, 0.4) is 0 Å². The summed E-state index contributed by atoms with van der Waals surface area (Å²) >= 11 is 12.4. The summed E-state index contributed by atoms with van der Waals surface area (Å²) in [5.41, 5.74) is 0.437. The molecule has 0 amide bonds. The van der Waals surface area contributed by atoms with Crippen molar-refractivity contribution in [2.24, 2.45) is 0 Å². The molecule has 0 saturated heterocycles. The Morgan fingerprint density at radius 1 is 0.793 bits per heavy atom. The van der Waals surface area contributed by atoms with Crippen LogP contribution in [-0.4, -0.2) is 75.3 Å². The molecule has 29 heavy (non-hydrogen) atoms. The molecular weight excluding hydrogens is 437 g/mol. The van der Waals surface area contributed by atoms with Crippen molar-refractivity contribution in [1.29, 1.82) is 0 Å². The molecule has 2 aliphatic heterocycles. The molecule has 0 aromatic heterocycles. The van der Waals surface area contributed by atoms with Gasteiger partial charge in [-0.15, -0.1) is 0 Å². The number of carbonyl (C=O) groups excluding carboxylic acids is 1. The molecule has 3 aromatic carbocycles. The number of phenolic OH excluding ortho intramolecular Hbond substituents is 2. The first-order valence-electron chi connectivity index (χ1n) is 7.98. The van der Waals surface area contributed by atoms with E-state index < -0.39 is 11.6 Å². The van der Waals surface area contributed by atoms with Crippen molar-refractivity contribution in [2.45, 2.75) is 5.60 Å². The predicted molar refractivity (Wildman–Crippen MR) is 112 cm³/mol. The fraction of sp³-hybridized carbons (Fsp3) is 0.0500. The molecule has 138 valence electrons. The van der Waals surface area contributed by atoms with Crippen LogP contribution >= 0.6 is 23.2 Å². The number of fused-ring (bicyclic) bond motifs is 6. The predicted octanol–water partition coefficient (Wildman–Crippen LogP) is 3.68. The molecule has 0 fully saturated rings. The van der Waals surface area contributed by atoms with Crippen molar-refractivity contribution in [2.75, 3.05) is 0 Å². The third-order valence-corrected chi connectivity index (χ3v) is 5.64. The summed E-state index contributed by atoms with van der Waals surface area (Å²) in [4.78, 5) is 12.8. The van der Waals surface area contributed by atoms with Gasteiger partial charge >= 0.3 is 65.1 Å². The summed E-state index contributed by atoms with van der Waals surface area (Å²) in [6.45, 7) is 0. The maximum atomic E-state index is 12.8. The van der Waals surface area contributed by atoms with Gasteiger partial charge in [0.05, 0.1) is 15.6 Å². The number of carbonyl (C=O) groups is 1. The number of phenols is 2. The SMILES string of the molecule is O=C1OC2(c3ccc(O)cc3Oc3cc(O)ccc32)c2ccc(Cl)c(Cl)c21.[NaH].[NaH]. The second kappa shape index (κ2) is 7.98. The van der Waals surface area contributed by atoms with Gasteiger partial charge in [-0.25, -0.2) is 4.79 Å². The number of esters is 1. The van der Waals surface area contributed by atoms with Crippen LogP contribution in [-0.2, 0) is 10.3 Å². The first kappa shape index (κ1) is 22.8. The van der Waals surface area contributed by atoms with Gasteiger partial charge in [-0.05, 0) is 30.3 Å². The average molecular weight is 449 g/mol. The van der Waals surface area contributed by atoms with Gasteiger partial charge in [-0.3, -0.25) is 0 Å². The number of hydrogen-bond acceptors (Lipinski definition) is 5. The molecule has 2 heterocycles. The van der Waals surface area contributed by atoms with Crippen LogP contribution < -0.4 is 4.74 Å². The Labute approximate surface area is 220 Å². The molecule has 0 bridgehead atoms. The fourth-order valence-corrected chi connectivity index (χ4v) is 4.12. The van der Waals surface area contributed by atoms with Crippen LogP contribution in [0, 0.1) is 0 Å². The molecular formula is C20H12Cl2Na2O5. The average Bonchev–Trinajstić information content (AvgIpc) is 2.91. The van der Waals surface area contributed by atoms with E-state index in [1.807, 2.05) is 0 Å². The molecule has 0 unspecified atom stereocenters. The third-order valence-electron chi connectivity index (χ3n) is 4.83. The number of aromatic hydroxyl groups is 2. The molecule has 2 N–H and O–H groups in total. The zero-order valence-corrected chi connectivity index (χ0v) is 15.0. The van der Waals surface area contributed by atoms with Crippen molar-refractivity contribution in [3.63, 3.8) is 0 Å². The quantitative estimate of drug-likeness (QED) is 0.405. The fourth-order valence-electron chi connectivity index (χ4n) is 3.72. The number of halogens is 2. The van der Waals surface area contributed by atoms with Gasteiger partial charge in [-0.1, -0.05) is 29.3 Å². The van der Waals surface area contributed by atoms with Crippen LogP contribution in [0.25, 0.3) is 0 Å². The van der Waals surface area contributed by atoms with E-state index in [4.69, 9.17) is 32.7 Å². The van der Waals surface area contributed by atoms with E-state index in [1.54, 1.807) is 24.3 Å². The van der Waals surface area contributed by atoms with E-state index in [0.29, 0.717) is 28.2 Å². The van der Waals surface area contributed by atoms with Gasteiger partial charge in [0.1, 0.15) is 23.0 Å². The minimum absolute atomic E-state index is 0. The van der Waals surface area contributed by atoms with Crippen LogP contribution in [0.1, 0.15) is 27.0 Å². The van der Waals surface area contributed by atoms with Crippen LogP contribution in [0.15, 0.2) is 48.5 Å². The van der Waals surface area contributed by atoms with Gasteiger partial charge in [0.25, 0.3) is 0 Å². The second-order valence-electron chi connectivity index (χ2n) is 6.32. The number of ether oxygens (including phenoxy) is 2. The second-order valence-corrected chi connectivity index (χ2v) is 7.10. The molecule has 0 aliphatic carbocycles. The molecule has 3 aromatic rings. The third kappa shape index (κ3) is 3.20. The summed E-state index contributed by atoms with van der Waals surface area (Å²) in [5, 5.41) is 20.1. The van der Waals surface area contributed by atoms with Crippen LogP contribution in [0.4, 0.5) is 0 Å². The molecule has 0 radical (unpaired) electrons.